The summed E-state index contributed by atoms with van der Waals surface area (Å²) in [5, 5.41) is 43.8. The number of anilines is 3. The first kappa shape index (κ1) is 46.7. The van der Waals surface area contributed by atoms with Crippen LogP contribution in [0, 0.1) is 0 Å². The minimum atomic E-state index is -5.52. The first-order chi connectivity index (χ1) is 29.5. The third kappa shape index (κ3) is 10.2. The summed E-state index contributed by atoms with van der Waals surface area (Å²) >= 11 is 0. The predicted molar refractivity (Wildman–Crippen MR) is 201 cm³/mol. The van der Waals surface area contributed by atoms with Crippen molar-refractivity contribution in [2.24, 2.45) is 0 Å². The van der Waals surface area contributed by atoms with Crippen molar-refractivity contribution in [3.8, 4) is 0 Å². The van der Waals surface area contributed by atoms with Crippen LogP contribution in [-0.2, 0) is 50.5 Å². The van der Waals surface area contributed by atoms with Gasteiger partial charge < -0.3 is 71.4 Å². The lowest BCUT2D eigenvalue weighted by Crippen LogP contribution is -2.38. The van der Waals surface area contributed by atoms with Gasteiger partial charge in [-0.2, -0.15) is 9.97 Å². The summed E-state index contributed by atoms with van der Waals surface area (Å²) in [6.45, 7) is -3.20. The zero-order valence-electron chi connectivity index (χ0n) is 31.5. The van der Waals surface area contributed by atoms with Gasteiger partial charge in [-0.3, -0.25) is 36.3 Å². The fourth-order valence-corrected chi connectivity index (χ4v) is 8.96. The number of fused-ring (bicyclic) bond motifs is 1. The van der Waals surface area contributed by atoms with E-state index in [1.54, 1.807) is 0 Å². The Morgan fingerprint density at radius 1 is 0.619 bits per heavy atom. The first-order valence-corrected chi connectivity index (χ1v) is 22.4. The molecule has 3 aliphatic rings. The molecule has 0 spiro atoms. The molecular formula is C28H38N11O21P3. The number of hydrogen-bond donors (Lipinski definition) is 11. The Balaban J connectivity index is 1.09. The Kier molecular flexibility index (Phi) is 13.3. The van der Waals surface area contributed by atoms with E-state index in [0.29, 0.717) is 4.57 Å². The molecule has 32 nitrogen and oxygen atoms in total. The molecule has 0 saturated carbocycles. The van der Waals surface area contributed by atoms with E-state index in [0.717, 1.165) is 40.2 Å². The number of aromatic nitrogens is 8. The standard InChI is InChI=1S/C28H38N11O21P3/c29-13-1-3-37(27(44)35-13)24-17(41)16(40)10(56-24)5-54-62(49,50)60-21-12(58-26(19(21)43)39-9-34-15-22(31)32-8-33-23(15)39)7-55-63(51,52)59-20-11(6-53-61(46,47)48)57-25(18(20)42)38-4-2-14(30)36-28(38)45/h1-4,8-12,16-21,24-26,40-43H,5-7H2,(H,49,50)(H,51,52)(H2,29,35,44)(H2,30,36,45)(H2,31,32,33)(H2,46,47,48)/t10-,11-,12-,16-,17-,18-,19-,20-,21-,24-,25-,26-/m1/s1. The Hall–Kier alpha value is -4.24. The van der Waals surface area contributed by atoms with Crippen molar-refractivity contribution >= 4 is 52.1 Å². The maximum absolute atomic E-state index is 13.5. The lowest BCUT2D eigenvalue weighted by atomic mass is 10.1. The van der Waals surface area contributed by atoms with Gasteiger partial charge in [-0.1, -0.05) is 0 Å². The zero-order valence-corrected chi connectivity index (χ0v) is 34.2. The molecule has 346 valence electrons. The van der Waals surface area contributed by atoms with Gasteiger partial charge in [-0.25, -0.2) is 38.2 Å². The highest BCUT2D eigenvalue weighted by molar-refractivity contribution is 7.47. The van der Waals surface area contributed by atoms with Gasteiger partial charge in [0.05, 0.1) is 26.1 Å². The van der Waals surface area contributed by atoms with Gasteiger partial charge in [-0.05, 0) is 12.1 Å². The number of nitrogens with zero attached hydrogens (tertiary/aromatic N) is 8. The summed E-state index contributed by atoms with van der Waals surface area (Å²) in [6, 6.07) is 2.34. The van der Waals surface area contributed by atoms with Crippen LogP contribution in [0.2, 0.25) is 0 Å². The van der Waals surface area contributed by atoms with Crippen molar-refractivity contribution in [2.45, 2.75) is 73.6 Å². The molecule has 3 fully saturated rings. The molecule has 4 aromatic heterocycles. The largest absolute Gasteiger partial charge is 0.472 e. The lowest BCUT2D eigenvalue weighted by Gasteiger charge is -2.26. The molecular weight excluding hydrogens is 919 g/mol. The van der Waals surface area contributed by atoms with E-state index in [-0.39, 0.29) is 28.6 Å². The van der Waals surface area contributed by atoms with Gasteiger partial charge >= 0.3 is 34.8 Å². The molecule has 7 heterocycles. The van der Waals surface area contributed by atoms with E-state index < -0.39 is 128 Å². The van der Waals surface area contributed by atoms with Gasteiger partial charge in [0.2, 0.25) is 0 Å². The molecule has 3 aliphatic heterocycles. The van der Waals surface area contributed by atoms with Gasteiger partial charge in [0.1, 0.15) is 78.4 Å². The molecule has 14 N–H and O–H groups in total. The molecule has 63 heavy (non-hydrogen) atoms. The Morgan fingerprint density at radius 2 is 1.08 bits per heavy atom. The van der Waals surface area contributed by atoms with Crippen molar-refractivity contribution in [1.82, 2.24) is 38.6 Å². The second-order valence-corrected chi connectivity index (χ2v) is 17.8. The van der Waals surface area contributed by atoms with E-state index in [2.05, 4.69) is 29.4 Å². The van der Waals surface area contributed by atoms with Crippen LogP contribution in [0.1, 0.15) is 18.7 Å². The SMILES string of the molecule is Nc1ccn([C@@H]2O[C@H](COP(=O)(O)O[C@H]3[C@@H](O)[C@H](n4cnc5c(N)ncnc54)O[C@@H]3COP(=O)(O)O[C@H]3[C@@H](O)[C@H](n4ccc(N)nc4=O)O[C@@H]3COP(=O)(O)O)[C@@H](O)[C@H]2O)c(=O)n1. The van der Waals surface area contributed by atoms with Crippen molar-refractivity contribution in [3.63, 3.8) is 0 Å². The molecule has 0 bridgehead atoms. The van der Waals surface area contributed by atoms with Crippen LogP contribution in [0.15, 0.2) is 46.8 Å². The Bertz CT molecular complexity index is 2580. The summed E-state index contributed by atoms with van der Waals surface area (Å²) in [5.74, 6) is -0.462. The summed E-state index contributed by atoms with van der Waals surface area (Å²) in [4.78, 5) is 84.0. The van der Waals surface area contributed by atoms with Crippen molar-refractivity contribution in [2.75, 3.05) is 37.0 Å². The molecule has 0 aromatic carbocycles. The lowest BCUT2D eigenvalue weighted by molar-refractivity contribution is -0.0631. The topological polar surface area (TPSA) is 478 Å². The second-order valence-electron chi connectivity index (χ2n) is 13.8. The molecule has 35 heteroatoms. The molecule has 14 atom stereocenters. The van der Waals surface area contributed by atoms with Crippen LogP contribution in [0.4, 0.5) is 17.5 Å². The van der Waals surface area contributed by atoms with Crippen LogP contribution in [0.5, 0.6) is 0 Å². The fraction of sp³-hybridized carbons (Fsp3) is 0.536. The predicted octanol–water partition coefficient (Wildman–Crippen LogP) is -4.66. The number of aliphatic hydroxyl groups excluding tert-OH is 4. The van der Waals surface area contributed by atoms with Crippen LogP contribution in [0.25, 0.3) is 11.2 Å². The van der Waals surface area contributed by atoms with Crippen molar-refractivity contribution in [1.29, 1.82) is 0 Å². The average molecular weight is 958 g/mol. The molecule has 7 rings (SSSR count). The number of rotatable bonds is 16. The zero-order chi connectivity index (χ0) is 45.8. The maximum atomic E-state index is 13.5. The number of imidazole rings is 1. The molecule has 0 aliphatic carbocycles. The number of phosphoric acid groups is 3. The first-order valence-electron chi connectivity index (χ1n) is 17.8. The Labute approximate surface area is 349 Å². The van der Waals surface area contributed by atoms with Gasteiger partial charge in [0.15, 0.2) is 30.1 Å². The number of ether oxygens (including phenoxy) is 3. The smallest absolute Gasteiger partial charge is 0.387 e. The summed E-state index contributed by atoms with van der Waals surface area (Å²) in [5.41, 5.74) is 14.9. The van der Waals surface area contributed by atoms with E-state index in [9.17, 15) is 63.3 Å². The fourth-order valence-electron chi connectivity index (χ4n) is 6.69. The normalized spacial score (nSPS) is 31.9. The van der Waals surface area contributed by atoms with E-state index in [1.165, 1.54) is 6.07 Å². The molecule has 3 saturated heterocycles. The van der Waals surface area contributed by atoms with E-state index in [4.69, 9.17) is 49.5 Å². The summed E-state index contributed by atoms with van der Waals surface area (Å²) in [6.07, 6.45) is -17.5. The number of nitrogen functional groups attached to an aromatic ring is 3. The van der Waals surface area contributed by atoms with Crippen LogP contribution >= 0.6 is 23.5 Å². The molecule has 4 aromatic rings. The third-order valence-corrected chi connectivity index (χ3v) is 12.0. The highest BCUT2D eigenvalue weighted by Gasteiger charge is 2.53. The minimum absolute atomic E-state index is 0.0221. The van der Waals surface area contributed by atoms with Gasteiger partial charge in [0.25, 0.3) is 0 Å². The van der Waals surface area contributed by atoms with Gasteiger partial charge in [0, 0.05) is 12.4 Å². The van der Waals surface area contributed by atoms with Crippen LogP contribution < -0.4 is 28.6 Å². The minimum Gasteiger partial charge on any atom is -0.387 e. The number of phosphoric ester groups is 3. The number of aliphatic hydroxyl groups is 4. The Morgan fingerprint density at radius 3 is 1.59 bits per heavy atom. The molecule has 0 amide bonds. The summed E-state index contributed by atoms with van der Waals surface area (Å²) in [7, 11) is -16.2. The molecule has 0 radical (unpaired) electrons. The van der Waals surface area contributed by atoms with Crippen LogP contribution in [-0.4, -0.2) is 153 Å². The number of hydrogen-bond acceptors (Lipinski definition) is 25. The quantitative estimate of drug-likeness (QED) is 0.0470. The third-order valence-electron chi connectivity index (χ3n) is 9.59. The number of nitrogens with two attached hydrogens (primary N) is 3. The monoisotopic (exact) mass is 957 g/mol. The van der Waals surface area contributed by atoms with Crippen molar-refractivity contribution < 1.29 is 90.5 Å². The van der Waals surface area contributed by atoms with Gasteiger partial charge in [-0.15, -0.1) is 0 Å². The second kappa shape index (κ2) is 18.0. The van der Waals surface area contributed by atoms with E-state index in [1.807, 2.05) is 0 Å². The van der Waals surface area contributed by atoms with E-state index >= 15 is 0 Å². The highest BCUT2D eigenvalue weighted by Crippen LogP contribution is 2.52. The summed E-state index contributed by atoms with van der Waals surface area (Å²) < 4.78 is 82.9. The highest BCUT2D eigenvalue weighted by atomic mass is 31.2. The van der Waals surface area contributed by atoms with Crippen LogP contribution in [0.3, 0.4) is 0 Å². The van der Waals surface area contributed by atoms with Crippen molar-refractivity contribution in [3.05, 3.63) is 58.1 Å². The average Bonchev–Trinajstić information content (AvgIpc) is 3.92. The maximum Gasteiger partial charge on any atom is 0.472 e. The molecule has 2 unspecified atom stereocenters.